The Balaban J connectivity index is 1.74. The van der Waals surface area contributed by atoms with E-state index in [-0.39, 0.29) is 11.8 Å². The molecule has 0 unspecified atom stereocenters. The third kappa shape index (κ3) is 4.71. The van der Waals surface area contributed by atoms with E-state index < -0.39 is 5.97 Å². The van der Waals surface area contributed by atoms with Gasteiger partial charge in [-0.15, -0.1) is 0 Å². The molecular formula is C20H20N2O5. The predicted molar refractivity (Wildman–Crippen MR) is 98.9 cm³/mol. The maximum Gasteiger partial charge on any atom is 0.308 e. The number of hydrogen-bond acceptors (Lipinski definition) is 5. The van der Waals surface area contributed by atoms with Gasteiger partial charge in [0.25, 0.3) is 11.8 Å². The molecule has 0 bridgehead atoms. The molecule has 7 heteroatoms. The smallest absolute Gasteiger partial charge is 0.308 e. The fourth-order valence-electron chi connectivity index (χ4n) is 2.75. The van der Waals surface area contributed by atoms with E-state index in [2.05, 4.69) is 5.32 Å². The van der Waals surface area contributed by atoms with E-state index in [4.69, 9.17) is 9.47 Å². The number of nitrogens with one attached hydrogen (secondary N) is 1. The normalized spacial score (nSPS) is 13.7. The van der Waals surface area contributed by atoms with Gasteiger partial charge in [-0.05, 0) is 36.4 Å². The highest BCUT2D eigenvalue weighted by Crippen LogP contribution is 2.20. The van der Waals surface area contributed by atoms with Crippen LogP contribution in [0.1, 0.15) is 27.6 Å². The molecule has 1 heterocycles. The molecular weight excluding hydrogens is 348 g/mol. The number of esters is 1. The molecule has 7 nitrogen and oxygen atoms in total. The average Bonchev–Trinajstić information content (AvgIpc) is 2.68. The van der Waals surface area contributed by atoms with E-state index in [1.54, 1.807) is 53.4 Å². The first-order chi connectivity index (χ1) is 13.0. The highest BCUT2D eigenvalue weighted by atomic mass is 16.5. The van der Waals surface area contributed by atoms with Crippen molar-refractivity contribution in [1.29, 1.82) is 0 Å². The van der Waals surface area contributed by atoms with Crippen molar-refractivity contribution >= 4 is 23.5 Å². The number of para-hydroxylation sites is 1. The molecule has 0 radical (unpaired) electrons. The number of carbonyl (C=O) groups is 3. The maximum absolute atomic E-state index is 12.8. The number of anilines is 1. The Kier molecular flexibility index (Phi) is 5.83. The SMILES string of the molecule is CC(=O)Oc1ccc(C(=O)Nc2ccccc2C(=O)N2CCOCC2)cc1. The number of carbonyl (C=O) groups excluding carboxylic acids is 3. The Morgan fingerprint density at radius 2 is 1.67 bits per heavy atom. The topological polar surface area (TPSA) is 84.9 Å². The van der Waals surface area contributed by atoms with Gasteiger partial charge in [-0.3, -0.25) is 14.4 Å². The van der Waals surface area contributed by atoms with Crippen LogP contribution in [0.4, 0.5) is 5.69 Å². The van der Waals surface area contributed by atoms with Gasteiger partial charge in [0, 0.05) is 25.6 Å². The molecule has 1 fully saturated rings. The number of hydrogen-bond donors (Lipinski definition) is 1. The lowest BCUT2D eigenvalue weighted by molar-refractivity contribution is -0.131. The van der Waals surface area contributed by atoms with Crippen molar-refractivity contribution in [3.05, 3.63) is 59.7 Å². The maximum atomic E-state index is 12.8. The molecule has 3 rings (SSSR count). The third-order valence-electron chi connectivity index (χ3n) is 4.08. The van der Waals surface area contributed by atoms with Crippen LogP contribution in [0, 0.1) is 0 Å². The van der Waals surface area contributed by atoms with Crippen molar-refractivity contribution in [1.82, 2.24) is 4.90 Å². The van der Waals surface area contributed by atoms with Crippen LogP contribution in [0.25, 0.3) is 0 Å². The standard InChI is InChI=1S/C20H20N2O5/c1-14(23)27-16-8-6-15(7-9-16)19(24)21-18-5-3-2-4-17(18)20(25)22-10-12-26-13-11-22/h2-9H,10-13H2,1H3,(H,21,24). The quantitative estimate of drug-likeness (QED) is 0.661. The van der Waals surface area contributed by atoms with E-state index in [0.717, 1.165) is 0 Å². The zero-order valence-electron chi connectivity index (χ0n) is 14.9. The summed E-state index contributed by atoms with van der Waals surface area (Å²) in [6.45, 7) is 3.38. The Morgan fingerprint density at radius 1 is 1.00 bits per heavy atom. The molecule has 1 N–H and O–H groups in total. The van der Waals surface area contributed by atoms with Crippen molar-refractivity contribution < 1.29 is 23.9 Å². The fourth-order valence-corrected chi connectivity index (χ4v) is 2.75. The lowest BCUT2D eigenvalue weighted by Gasteiger charge is -2.27. The summed E-state index contributed by atoms with van der Waals surface area (Å²) in [4.78, 5) is 38.0. The summed E-state index contributed by atoms with van der Waals surface area (Å²) in [5.41, 5.74) is 1.27. The summed E-state index contributed by atoms with van der Waals surface area (Å²) in [5, 5.41) is 2.78. The van der Waals surface area contributed by atoms with Gasteiger partial charge in [0.2, 0.25) is 0 Å². The summed E-state index contributed by atoms with van der Waals surface area (Å²) >= 11 is 0. The highest BCUT2D eigenvalue weighted by Gasteiger charge is 2.21. The van der Waals surface area contributed by atoms with Crippen LogP contribution in [0.15, 0.2) is 48.5 Å². The Labute approximate surface area is 156 Å². The molecule has 2 aromatic rings. The minimum Gasteiger partial charge on any atom is -0.427 e. The summed E-state index contributed by atoms with van der Waals surface area (Å²) in [6.07, 6.45) is 0. The largest absolute Gasteiger partial charge is 0.427 e. The Bertz CT molecular complexity index is 842. The molecule has 2 amide bonds. The third-order valence-corrected chi connectivity index (χ3v) is 4.08. The molecule has 1 saturated heterocycles. The minimum absolute atomic E-state index is 0.139. The zero-order valence-corrected chi connectivity index (χ0v) is 14.9. The zero-order chi connectivity index (χ0) is 19.2. The van der Waals surface area contributed by atoms with Gasteiger partial charge in [0.15, 0.2) is 0 Å². The number of rotatable bonds is 4. The monoisotopic (exact) mass is 368 g/mol. The summed E-state index contributed by atoms with van der Waals surface area (Å²) in [6, 6.07) is 13.1. The van der Waals surface area contributed by atoms with Crippen LogP contribution in [0.5, 0.6) is 5.75 Å². The Morgan fingerprint density at radius 3 is 2.33 bits per heavy atom. The van der Waals surface area contributed by atoms with Crippen molar-refractivity contribution in [3.8, 4) is 5.75 Å². The first-order valence-corrected chi connectivity index (χ1v) is 8.60. The summed E-state index contributed by atoms with van der Waals surface area (Å²) in [5.74, 6) is -0.560. The first kappa shape index (κ1) is 18.6. The number of ether oxygens (including phenoxy) is 2. The van der Waals surface area contributed by atoms with Crippen LogP contribution in [0.2, 0.25) is 0 Å². The van der Waals surface area contributed by atoms with Crippen molar-refractivity contribution in [2.24, 2.45) is 0 Å². The van der Waals surface area contributed by atoms with Crippen molar-refractivity contribution in [2.75, 3.05) is 31.6 Å². The van der Waals surface area contributed by atoms with Crippen molar-refractivity contribution in [3.63, 3.8) is 0 Å². The average molecular weight is 368 g/mol. The molecule has 0 aliphatic carbocycles. The molecule has 27 heavy (non-hydrogen) atoms. The van der Waals surface area contributed by atoms with E-state index in [1.165, 1.54) is 6.92 Å². The summed E-state index contributed by atoms with van der Waals surface area (Å²) < 4.78 is 10.2. The van der Waals surface area contributed by atoms with E-state index in [1.807, 2.05) is 0 Å². The summed E-state index contributed by atoms with van der Waals surface area (Å²) in [7, 11) is 0. The number of amides is 2. The van der Waals surface area contributed by atoms with Gasteiger partial charge in [-0.2, -0.15) is 0 Å². The second-order valence-corrected chi connectivity index (χ2v) is 6.02. The van der Waals surface area contributed by atoms with Crippen LogP contribution < -0.4 is 10.1 Å². The molecule has 0 aromatic heterocycles. The molecule has 0 saturated carbocycles. The highest BCUT2D eigenvalue weighted by molar-refractivity contribution is 6.09. The minimum atomic E-state index is -0.428. The van der Waals surface area contributed by atoms with E-state index >= 15 is 0 Å². The van der Waals surface area contributed by atoms with Gasteiger partial charge < -0.3 is 19.7 Å². The molecule has 1 aliphatic rings. The number of morpholine rings is 1. The Hall–Kier alpha value is -3.19. The van der Waals surface area contributed by atoms with Gasteiger partial charge in [-0.25, -0.2) is 0 Å². The van der Waals surface area contributed by atoms with Gasteiger partial charge in [-0.1, -0.05) is 12.1 Å². The van der Waals surface area contributed by atoms with E-state index in [9.17, 15) is 14.4 Å². The molecule has 1 aliphatic heterocycles. The van der Waals surface area contributed by atoms with E-state index in [0.29, 0.717) is 48.9 Å². The molecule has 140 valence electrons. The van der Waals surface area contributed by atoms with Crippen LogP contribution in [-0.2, 0) is 9.53 Å². The van der Waals surface area contributed by atoms with Crippen molar-refractivity contribution in [2.45, 2.75) is 6.92 Å². The fraction of sp³-hybridized carbons (Fsp3) is 0.250. The van der Waals surface area contributed by atoms with Crippen LogP contribution in [-0.4, -0.2) is 49.0 Å². The molecule has 2 aromatic carbocycles. The second-order valence-electron chi connectivity index (χ2n) is 6.02. The van der Waals surface area contributed by atoms with Gasteiger partial charge in [0.05, 0.1) is 24.5 Å². The predicted octanol–water partition coefficient (Wildman–Crippen LogP) is 2.34. The lowest BCUT2D eigenvalue weighted by Crippen LogP contribution is -2.41. The van der Waals surface area contributed by atoms with Gasteiger partial charge >= 0.3 is 5.97 Å². The van der Waals surface area contributed by atoms with Crippen LogP contribution in [0.3, 0.4) is 0 Å². The number of nitrogens with zero attached hydrogens (tertiary/aromatic N) is 1. The molecule has 0 atom stereocenters. The van der Waals surface area contributed by atoms with Crippen LogP contribution >= 0.6 is 0 Å². The first-order valence-electron chi connectivity index (χ1n) is 8.60. The second kappa shape index (κ2) is 8.46. The number of benzene rings is 2. The van der Waals surface area contributed by atoms with Gasteiger partial charge in [0.1, 0.15) is 5.75 Å². The molecule has 0 spiro atoms. The lowest BCUT2D eigenvalue weighted by atomic mass is 10.1.